The molecule has 0 saturated carbocycles. The summed E-state index contributed by atoms with van der Waals surface area (Å²) in [5, 5.41) is 20.6. The number of benzene rings is 2. The molecule has 1 aliphatic heterocycles. The van der Waals surface area contributed by atoms with Gasteiger partial charge in [-0.15, -0.1) is 0 Å². The van der Waals surface area contributed by atoms with Gasteiger partial charge >= 0.3 is 0 Å². The average Bonchev–Trinajstić information content (AvgIpc) is 2.67. The van der Waals surface area contributed by atoms with Gasteiger partial charge < -0.3 is 29.2 Å². The standard InChI is InChI=1S/C20H22O7/c1-10-15(21)20(26-4)19-14(18(10)25-3)17(23)12(9-27-19)8-11-6-5-7-13(24-2)16(11)22/h5-7,12,21-22H,8-9H2,1-4H3/t12-/m1/s1. The molecule has 2 N–H and O–H groups in total. The summed E-state index contributed by atoms with van der Waals surface area (Å²) in [6.07, 6.45) is 0.271. The Balaban J connectivity index is 2.03. The van der Waals surface area contributed by atoms with Gasteiger partial charge in [0.15, 0.2) is 28.8 Å². The van der Waals surface area contributed by atoms with E-state index in [1.54, 1.807) is 25.1 Å². The van der Waals surface area contributed by atoms with E-state index in [4.69, 9.17) is 18.9 Å². The van der Waals surface area contributed by atoms with Crippen LogP contribution in [0.15, 0.2) is 18.2 Å². The van der Waals surface area contributed by atoms with Crippen LogP contribution < -0.4 is 18.9 Å². The second kappa shape index (κ2) is 7.26. The third-order valence-corrected chi connectivity index (χ3v) is 4.79. The van der Waals surface area contributed by atoms with E-state index in [-0.39, 0.29) is 53.1 Å². The summed E-state index contributed by atoms with van der Waals surface area (Å²) in [6, 6.07) is 5.13. The number of para-hydroxylation sites is 1. The summed E-state index contributed by atoms with van der Waals surface area (Å²) in [6.45, 7) is 1.73. The third kappa shape index (κ3) is 2.99. The smallest absolute Gasteiger partial charge is 0.204 e. The van der Waals surface area contributed by atoms with Gasteiger partial charge in [0.1, 0.15) is 11.3 Å². The lowest BCUT2D eigenvalue weighted by Crippen LogP contribution is -2.30. The Bertz CT molecular complexity index is 889. The maximum Gasteiger partial charge on any atom is 0.204 e. The zero-order valence-corrected chi connectivity index (χ0v) is 15.7. The van der Waals surface area contributed by atoms with Crippen molar-refractivity contribution in [2.24, 2.45) is 5.92 Å². The average molecular weight is 374 g/mol. The Morgan fingerprint density at radius 1 is 1.07 bits per heavy atom. The van der Waals surface area contributed by atoms with E-state index in [9.17, 15) is 15.0 Å². The second-order valence-corrected chi connectivity index (χ2v) is 6.29. The Kier molecular flexibility index (Phi) is 5.03. The van der Waals surface area contributed by atoms with Crippen LogP contribution in [0.1, 0.15) is 21.5 Å². The number of hydrogen-bond donors (Lipinski definition) is 2. The first-order valence-electron chi connectivity index (χ1n) is 8.43. The van der Waals surface area contributed by atoms with Gasteiger partial charge in [-0.05, 0) is 25.0 Å². The van der Waals surface area contributed by atoms with Crippen molar-refractivity contribution in [3.8, 4) is 34.5 Å². The molecule has 3 rings (SSSR count). The number of ether oxygens (including phenoxy) is 4. The summed E-state index contributed by atoms with van der Waals surface area (Å²) in [4.78, 5) is 13.2. The highest BCUT2D eigenvalue weighted by Crippen LogP contribution is 2.50. The predicted octanol–water partition coefficient (Wildman–Crippen LogP) is 2.87. The van der Waals surface area contributed by atoms with E-state index < -0.39 is 5.92 Å². The Hall–Kier alpha value is -3.09. The first kappa shape index (κ1) is 18.7. The molecule has 144 valence electrons. The van der Waals surface area contributed by atoms with Gasteiger partial charge in [0.05, 0.1) is 33.9 Å². The van der Waals surface area contributed by atoms with Crippen LogP contribution in [0.5, 0.6) is 34.5 Å². The minimum absolute atomic E-state index is 0.00466. The van der Waals surface area contributed by atoms with Gasteiger partial charge in [0, 0.05) is 5.56 Å². The molecular formula is C20H22O7. The minimum atomic E-state index is -0.530. The molecule has 1 atom stereocenters. The SMILES string of the molecule is COc1cccc(C[C@@H]2COc3c(OC)c(O)c(C)c(OC)c3C2=O)c1O. The normalized spacial score (nSPS) is 15.7. The Labute approximate surface area is 157 Å². The van der Waals surface area contributed by atoms with Crippen molar-refractivity contribution in [2.75, 3.05) is 27.9 Å². The predicted molar refractivity (Wildman–Crippen MR) is 97.6 cm³/mol. The van der Waals surface area contributed by atoms with Gasteiger partial charge in [0.2, 0.25) is 5.75 Å². The first-order valence-corrected chi connectivity index (χ1v) is 8.43. The molecule has 7 nitrogen and oxygen atoms in total. The number of Topliss-reactive ketones (excluding diaryl/α,β-unsaturated/α-hetero) is 1. The first-order chi connectivity index (χ1) is 12.9. The molecule has 0 bridgehead atoms. The topological polar surface area (TPSA) is 94.5 Å². The molecule has 1 heterocycles. The lowest BCUT2D eigenvalue weighted by molar-refractivity contribution is 0.0819. The molecule has 0 radical (unpaired) electrons. The molecule has 0 fully saturated rings. The van der Waals surface area contributed by atoms with E-state index >= 15 is 0 Å². The van der Waals surface area contributed by atoms with Gasteiger partial charge in [-0.2, -0.15) is 0 Å². The lowest BCUT2D eigenvalue weighted by Gasteiger charge is -2.28. The van der Waals surface area contributed by atoms with Crippen LogP contribution in [0, 0.1) is 12.8 Å². The van der Waals surface area contributed by atoms with Crippen LogP contribution in [-0.2, 0) is 6.42 Å². The van der Waals surface area contributed by atoms with Crippen molar-refractivity contribution < 1.29 is 34.0 Å². The van der Waals surface area contributed by atoms with E-state index in [2.05, 4.69) is 0 Å². The quantitative estimate of drug-likeness (QED) is 0.831. The molecule has 0 unspecified atom stereocenters. The molecule has 1 aliphatic rings. The van der Waals surface area contributed by atoms with E-state index in [1.165, 1.54) is 21.3 Å². The van der Waals surface area contributed by atoms with Crippen molar-refractivity contribution in [2.45, 2.75) is 13.3 Å². The zero-order valence-electron chi connectivity index (χ0n) is 15.7. The molecule has 0 aromatic heterocycles. The molecular weight excluding hydrogens is 352 g/mol. The molecule has 2 aromatic carbocycles. The number of rotatable bonds is 5. The summed E-state index contributed by atoms with van der Waals surface area (Å²) >= 11 is 0. The van der Waals surface area contributed by atoms with E-state index in [1.807, 2.05) is 0 Å². The van der Waals surface area contributed by atoms with Crippen molar-refractivity contribution in [3.05, 3.63) is 34.9 Å². The number of carbonyl (C=O) groups is 1. The molecule has 27 heavy (non-hydrogen) atoms. The third-order valence-electron chi connectivity index (χ3n) is 4.79. The number of aromatic hydroxyl groups is 2. The van der Waals surface area contributed by atoms with Gasteiger partial charge in [-0.25, -0.2) is 0 Å². The number of phenols is 2. The minimum Gasteiger partial charge on any atom is -0.504 e. The largest absolute Gasteiger partial charge is 0.504 e. The molecule has 0 amide bonds. The van der Waals surface area contributed by atoms with Crippen molar-refractivity contribution >= 4 is 5.78 Å². The monoisotopic (exact) mass is 374 g/mol. The number of fused-ring (bicyclic) bond motifs is 1. The summed E-state index contributed by atoms with van der Waals surface area (Å²) in [7, 11) is 4.30. The van der Waals surface area contributed by atoms with Crippen molar-refractivity contribution in [1.82, 2.24) is 0 Å². The van der Waals surface area contributed by atoms with Crippen LogP contribution in [0.2, 0.25) is 0 Å². The number of phenolic OH excluding ortho intramolecular Hbond substituents is 2. The van der Waals surface area contributed by atoms with Crippen LogP contribution >= 0.6 is 0 Å². The number of hydrogen-bond acceptors (Lipinski definition) is 7. The number of ketones is 1. The number of methoxy groups -OCH3 is 3. The summed E-state index contributed by atoms with van der Waals surface area (Å²) in [5.41, 5.74) is 1.22. The van der Waals surface area contributed by atoms with Crippen molar-refractivity contribution in [1.29, 1.82) is 0 Å². The lowest BCUT2D eigenvalue weighted by atomic mass is 9.87. The fourth-order valence-corrected chi connectivity index (χ4v) is 3.37. The van der Waals surface area contributed by atoms with Gasteiger partial charge in [-0.3, -0.25) is 4.79 Å². The maximum atomic E-state index is 13.2. The van der Waals surface area contributed by atoms with Gasteiger partial charge in [0.25, 0.3) is 0 Å². The highest BCUT2D eigenvalue weighted by atomic mass is 16.5. The Morgan fingerprint density at radius 2 is 1.78 bits per heavy atom. The summed E-state index contributed by atoms with van der Waals surface area (Å²) < 4.78 is 21.5. The van der Waals surface area contributed by atoms with Crippen molar-refractivity contribution in [3.63, 3.8) is 0 Å². The zero-order chi connectivity index (χ0) is 19.7. The van der Waals surface area contributed by atoms with Crippen LogP contribution in [-0.4, -0.2) is 43.9 Å². The highest BCUT2D eigenvalue weighted by molar-refractivity contribution is 6.05. The number of carbonyl (C=O) groups excluding carboxylic acids is 1. The molecule has 2 aromatic rings. The maximum absolute atomic E-state index is 13.2. The highest BCUT2D eigenvalue weighted by Gasteiger charge is 2.37. The summed E-state index contributed by atoms with van der Waals surface area (Å²) in [5.74, 6) is 0.0439. The molecule has 0 aliphatic carbocycles. The Morgan fingerprint density at radius 3 is 2.41 bits per heavy atom. The molecule has 0 saturated heterocycles. The molecule has 7 heteroatoms. The van der Waals surface area contributed by atoms with E-state index in [0.29, 0.717) is 16.9 Å². The van der Waals surface area contributed by atoms with E-state index in [0.717, 1.165) is 0 Å². The van der Waals surface area contributed by atoms with Crippen LogP contribution in [0.25, 0.3) is 0 Å². The molecule has 0 spiro atoms. The van der Waals surface area contributed by atoms with Crippen LogP contribution in [0.4, 0.5) is 0 Å². The fraction of sp³-hybridized carbons (Fsp3) is 0.350. The van der Waals surface area contributed by atoms with Crippen LogP contribution in [0.3, 0.4) is 0 Å². The fourth-order valence-electron chi connectivity index (χ4n) is 3.37. The second-order valence-electron chi connectivity index (χ2n) is 6.29. The van der Waals surface area contributed by atoms with Gasteiger partial charge in [-0.1, -0.05) is 12.1 Å².